The molecule has 0 aromatic heterocycles. The molecule has 0 amide bonds. The minimum absolute atomic E-state index is 0.0405. The van der Waals surface area contributed by atoms with E-state index in [0.29, 0.717) is 6.42 Å². The maximum absolute atomic E-state index is 10.4. The van der Waals surface area contributed by atoms with Gasteiger partial charge in [-0.25, -0.2) is 0 Å². The first-order valence-electron chi connectivity index (χ1n) is 3.57. The molecule has 0 aliphatic rings. The molecule has 6 heteroatoms. The molecular weight excluding hydrogens is 183 g/mol. The molecular formula is C6H13O5P. The maximum atomic E-state index is 10.4. The van der Waals surface area contributed by atoms with E-state index in [9.17, 15) is 9.36 Å². The Labute approximate surface area is 70.6 Å². The molecule has 0 saturated carbocycles. The monoisotopic (exact) mass is 196 g/mol. The molecule has 0 saturated heterocycles. The van der Waals surface area contributed by atoms with Gasteiger partial charge in [-0.05, 0) is 12.3 Å². The van der Waals surface area contributed by atoms with E-state index < -0.39 is 13.6 Å². The molecule has 1 unspecified atom stereocenters. The zero-order valence-corrected chi connectivity index (χ0v) is 7.70. The summed E-state index contributed by atoms with van der Waals surface area (Å²) in [5.41, 5.74) is 0. The van der Waals surface area contributed by atoms with Crippen LogP contribution in [0.5, 0.6) is 0 Å². The number of carboxylic acids is 1. The Balaban J connectivity index is 3.67. The minimum Gasteiger partial charge on any atom is -0.481 e. The fourth-order valence-electron chi connectivity index (χ4n) is 0.867. The van der Waals surface area contributed by atoms with Gasteiger partial charge in [0, 0.05) is 6.42 Å². The largest absolute Gasteiger partial charge is 0.481 e. The van der Waals surface area contributed by atoms with Crippen LogP contribution in [0.4, 0.5) is 0 Å². The smallest absolute Gasteiger partial charge is 0.325 e. The van der Waals surface area contributed by atoms with Gasteiger partial charge < -0.3 is 14.9 Å². The summed E-state index contributed by atoms with van der Waals surface area (Å²) in [4.78, 5) is 27.1. The van der Waals surface area contributed by atoms with Crippen molar-refractivity contribution in [1.29, 1.82) is 0 Å². The third kappa shape index (κ3) is 7.72. The van der Waals surface area contributed by atoms with Crippen LogP contribution in [0, 0.1) is 5.92 Å². The lowest BCUT2D eigenvalue weighted by Crippen LogP contribution is -2.05. The highest BCUT2D eigenvalue weighted by atomic mass is 31.2. The average Bonchev–Trinajstić information content (AvgIpc) is 1.79. The summed E-state index contributed by atoms with van der Waals surface area (Å²) in [6.45, 7) is 1.63. The van der Waals surface area contributed by atoms with Gasteiger partial charge in [-0.2, -0.15) is 0 Å². The van der Waals surface area contributed by atoms with E-state index in [2.05, 4.69) is 0 Å². The highest BCUT2D eigenvalue weighted by Crippen LogP contribution is 2.37. The zero-order valence-electron chi connectivity index (χ0n) is 6.80. The van der Waals surface area contributed by atoms with E-state index >= 15 is 0 Å². The molecule has 0 fully saturated rings. The standard InChI is InChI=1S/C6H13O5P/c1-5(2-3-6(7)8)4-12(9,10)11/h5H,2-4H2,1H3,(H,7,8)(H2,9,10,11). The van der Waals surface area contributed by atoms with Crippen LogP contribution in [-0.4, -0.2) is 27.0 Å². The molecule has 72 valence electrons. The molecule has 0 radical (unpaired) electrons. The Bertz CT molecular complexity index is 196. The van der Waals surface area contributed by atoms with Crippen molar-refractivity contribution in [2.24, 2.45) is 5.92 Å². The van der Waals surface area contributed by atoms with Crippen LogP contribution >= 0.6 is 7.60 Å². The summed E-state index contributed by atoms with van der Waals surface area (Å²) >= 11 is 0. The molecule has 0 aromatic rings. The first-order valence-corrected chi connectivity index (χ1v) is 5.37. The molecule has 0 rings (SSSR count). The van der Waals surface area contributed by atoms with E-state index in [4.69, 9.17) is 14.9 Å². The van der Waals surface area contributed by atoms with Crippen LogP contribution in [0.25, 0.3) is 0 Å². The minimum atomic E-state index is -3.97. The van der Waals surface area contributed by atoms with Crippen LogP contribution in [0.3, 0.4) is 0 Å². The second-order valence-electron chi connectivity index (χ2n) is 2.88. The Kier molecular flexibility index (Phi) is 4.45. The molecule has 0 spiro atoms. The highest BCUT2D eigenvalue weighted by Gasteiger charge is 2.18. The first-order chi connectivity index (χ1) is 5.31. The third-order valence-electron chi connectivity index (χ3n) is 1.40. The average molecular weight is 196 g/mol. The lowest BCUT2D eigenvalue weighted by Gasteiger charge is -2.10. The topological polar surface area (TPSA) is 94.8 Å². The summed E-state index contributed by atoms with van der Waals surface area (Å²) in [5, 5.41) is 8.27. The normalized spacial score (nSPS) is 14.2. The van der Waals surface area contributed by atoms with Gasteiger partial charge in [0.2, 0.25) is 0 Å². The van der Waals surface area contributed by atoms with Crippen molar-refractivity contribution >= 4 is 13.6 Å². The molecule has 0 aliphatic heterocycles. The van der Waals surface area contributed by atoms with Crippen molar-refractivity contribution in [3.8, 4) is 0 Å². The number of rotatable bonds is 5. The Morgan fingerprint density at radius 3 is 2.33 bits per heavy atom. The summed E-state index contributed by atoms with van der Waals surface area (Å²) in [6, 6.07) is 0. The van der Waals surface area contributed by atoms with Gasteiger partial charge in [0.05, 0.1) is 6.16 Å². The fraction of sp³-hybridized carbons (Fsp3) is 0.833. The van der Waals surface area contributed by atoms with Gasteiger partial charge in [0.25, 0.3) is 0 Å². The van der Waals surface area contributed by atoms with E-state index in [1.165, 1.54) is 0 Å². The van der Waals surface area contributed by atoms with Crippen molar-refractivity contribution in [3.05, 3.63) is 0 Å². The molecule has 1 atom stereocenters. The predicted octanol–water partition coefficient (Wildman–Crippen LogP) is 0.665. The highest BCUT2D eigenvalue weighted by molar-refractivity contribution is 7.51. The SMILES string of the molecule is CC(CCC(=O)O)CP(=O)(O)O. The van der Waals surface area contributed by atoms with Crippen molar-refractivity contribution in [1.82, 2.24) is 0 Å². The van der Waals surface area contributed by atoms with Gasteiger partial charge >= 0.3 is 13.6 Å². The lowest BCUT2D eigenvalue weighted by atomic mass is 10.1. The quantitative estimate of drug-likeness (QED) is 0.561. The van der Waals surface area contributed by atoms with E-state index in [0.717, 1.165) is 0 Å². The van der Waals surface area contributed by atoms with Gasteiger partial charge in [0.1, 0.15) is 0 Å². The summed E-state index contributed by atoms with van der Waals surface area (Å²) in [7, 11) is -3.97. The van der Waals surface area contributed by atoms with E-state index in [1.807, 2.05) is 0 Å². The van der Waals surface area contributed by atoms with E-state index in [1.54, 1.807) is 6.92 Å². The van der Waals surface area contributed by atoms with Crippen molar-refractivity contribution in [2.45, 2.75) is 19.8 Å². The van der Waals surface area contributed by atoms with Crippen LogP contribution in [0.1, 0.15) is 19.8 Å². The van der Waals surface area contributed by atoms with Crippen LogP contribution < -0.4 is 0 Å². The van der Waals surface area contributed by atoms with Gasteiger partial charge in [0.15, 0.2) is 0 Å². The van der Waals surface area contributed by atoms with Gasteiger partial charge in [-0.1, -0.05) is 6.92 Å². The molecule has 0 bridgehead atoms. The number of carboxylic acid groups (broad SMARTS) is 1. The van der Waals surface area contributed by atoms with Crippen molar-refractivity contribution in [3.63, 3.8) is 0 Å². The van der Waals surface area contributed by atoms with E-state index in [-0.39, 0.29) is 18.5 Å². The molecule has 3 N–H and O–H groups in total. The molecule has 12 heavy (non-hydrogen) atoms. The predicted molar refractivity (Wildman–Crippen MR) is 42.9 cm³/mol. The number of hydrogen-bond acceptors (Lipinski definition) is 2. The second kappa shape index (κ2) is 4.60. The number of hydrogen-bond donors (Lipinski definition) is 3. The van der Waals surface area contributed by atoms with Gasteiger partial charge in [-0.3, -0.25) is 9.36 Å². The fourth-order valence-corrected chi connectivity index (χ4v) is 1.86. The summed E-state index contributed by atoms with van der Waals surface area (Å²) in [6.07, 6.45) is 0.0297. The Morgan fingerprint density at radius 1 is 1.50 bits per heavy atom. The molecule has 0 aliphatic carbocycles. The molecule has 0 aromatic carbocycles. The summed E-state index contributed by atoms with van der Waals surface area (Å²) in [5.74, 6) is -1.19. The van der Waals surface area contributed by atoms with Crippen molar-refractivity contribution in [2.75, 3.05) is 6.16 Å². The second-order valence-corrected chi connectivity index (χ2v) is 4.58. The number of carbonyl (C=O) groups is 1. The molecule has 0 heterocycles. The van der Waals surface area contributed by atoms with Gasteiger partial charge in [-0.15, -0.1) is 0 Å². The van der Waals surface area contributed by atoms with Crippen LogP contribution in [0.2, 0.25) is 0 Å². The maximum Gasteiger partial charge on any atom is 0.325 e. The third-order valence-corrected chi connectivity index (χ3v) is 2.50. The molecule has 5 nitrogen and oxygen atoms in total. The lowest BCUT2D eigenvalue weighted by molar-refractivity contribution is -0.137. The Morgan fingerprint density at radius 2 is 2.00 bits per heavy atom. The first kappa shape index (κ1) is 11.6. The summed E-state index contributed by atoms with van der Waals surface area (Å²) < 4.78 is 10.4. The van der Waals surface area contributed by atoms with Crippen molar-refractivity contribution < 1.29 is 24.3 Å². The number of aliphatic carboxylic acids is 1. The van der Waals surface area contributed by atoms with Crippen LogP contribution in [0.15, 0.2) is 0 Å². The zero-order chi connectivity index (χ0) is 9.78. The Hall–Kier alpha value is -0.380. The van der Waals surface area contributed by atoms with Crippen LogP contribution in [-0.2, 0) is 9.36 Å².